The Morgan fingerprint density at radius 2 is 1.72 bits per heavy atom. The highest BCUT2D eigenvalue weighted by molar-refractivity contribution is 7.92. The van der Waals surface area contributed by atoms with Crippen molar-refractivity contribution in [2.75, 3.05) is 11.5 Å². The monoisotopic (exact) mass is 275 g/mol. The van der Waals surface area contributed by atoms with Crippen LogP contribution in [0.15, 0.2) is 12.7 Å². The Bertz CT molecular complexity index is 402. The van der Waals surface area contributed by atoms with Crippen LogP contribution in [-0.4, -0.2) is 31.4 Å². The number of sulfone groups is 1. The Kier molecular flexibility index (Phi) is 5.59. The third kappa shape index (κ3) is 8.28. The Labute approximate surface area is 111 Å². The zero-order valence-corrected chi connectivity index (χ0v) is 12.9. The minimum atomic E-state index is -3.38. The van der Waals surface area contributed by atoms with Gasteiger partial charge in [-0.15, -0.1) is 6.58 Å². The number of amides is 1. The molecule has 0 saturated carbocycles. The molecule has 0 saturated heterocycles. The fourth-order valence-corrected chi connectivity index (χ4v) is 3.17. The van der Waals surface area contributed by atoms with Crippen LogP contribution >= 0.6 is 0 Å². The molecule has 0 aromatic carbocycles. The summed E-state index contributed by atoms with van der Waals surface area (Å²) in [7, 11) is -3.38. The van der Waals surface area contributed by atoms with E-state index in [1.165, 1.54) is 6.08 Å². The lowest BCUT2D eigenvalue weighted by atomic mass is 9.82. The van der Waals surface area contributed by atoms with Gasteiger partial charge < -0.3 is 5.32 Å². The molecule has 0 atom stereocenters. The molecule has 0 heterocycles. The van der Waals surface area contributed by atoms with Gasteiger partial charge in [-0.2, -0.15) is 0 Å². The molecule has 0 aliphatic carbocycles. The molecule has 0 bridgehead atoms. The normalized spacial score (nSPS) is 13.2. The summed E-state index contributed by atoms with van der Waals surface area (Å²) in [5.41, 5.74) is -0.351. The van der Waals surface area contributed by atoms with Crippen LogP contribution in [-0.2, 0) is 14.6 Å². The van der Waals surface area contributed by atoms with Gasteiger partial charge in [0.1, 0.15) is 5.75 Å². The largest absolute Gasteiger partial charge is 0.350 e. The van der Waals surface area contributed by atoms with Crippen LogP contribution in [0.1, 0.15) is 41.0 Å². The molecule has 0 aliphatic rings. The van der Waals surface area contributed by atoms with E-state index in [0.29, 0.717) is 0 Å². The minimum absolute atomic E-state index is 0.0662. The summed E-state index contributed by atoms with van der Waals surface area (Å²) in [6.45, 7) is 13.4. The third-order valence-electron chi connectivity index (χ3n) is 2.17. The molecule has 106 valence electrons. The SMILES string of the molecule is C=CCS(=O)(=O)CC(=O)NC(C)(C)CC(C)(C)C. The van der Waals surface area contributed by atoms with Crippen LogP contribution in [0.3, 0.4) is 0 Å². The van der Waals surface area contributed by atoms with Crippen LogP contribution in [0.5, 0.6) is 0 Å². The standard InChI is InChI=1S/C13H25NO3S/c1-7-8-18(16,17)9-11(15)14-13(5,6)10-12(2,3)4/h7H,1,8-10H2,2-6H3,(H,14,15). The molecule has 0 aromatic heterocycles. The summed E-state index contributed by atoms with van der Waals surface area (Å²) in [6.07, 6.45) is 2.07. The maximum absolute atomic E-state index is 11.7. The predicted octanol–water partition coefficient (Wildman–Crippen LogP) is 1.92. The summed E-state index contributed by atoms with van der Waals surface area (Å²) in [5, 5.41) is 2.77. The van der Waals surface area contributed by atoms with E-state index in [1.807, 2.05) is 13.8 Å². The van der Waals surface area contributed by atoms with Crippen molar-refractivity contribution in [3.63, 3.8) is 0 Å². The first kappa shape index (κ1) is 17.2. The Balaban J connectivity index is 4.53. The van der Waals surface area contributed by atoms with Crippen molar-refractivity contribution in [2.45, 2.75) is 46.6 Å². The van der Waals surface area contributed by atoms with Gasteiger partial charge in [-0.1, -0.05) is 26.8 Å². The van der Waals surface area contributed by atoms with Gasteiger partial charge in [0.25, 0.3) is 0 Å². The second-order valence-corrected chi connectivity index (χ2v) is 8.62. The Hall–Kier alpha value is -0.840. The zero-order valence-electron chi connectivity index (χ0n) is 12.0. The molecule has 5 heteroatoms. The number of carbonyl (C=O) groups excluding carboxylic acids is 1. The first-order valence-corrected chi connectivity index (χ1v) is 7.81. The summed E-state index contributed by atoms with van der Waals surface area (Å²) >= 11 is 0. The number of rotatable bonds is 6. The lowest BCUT2D eigenvalue weighted by Crippen LogP contribution is -2.47. The smallest absolute Gasteiger partial charge is 0.235 e. The van der Waals surface area contributed by atoms with Gasteiger partial charge in [0, 0.05) is 5.54 Å². The van der Waals surface area contributed by atoms with Crippen LogP contribution < -0.4 is 5.32 Å². The van der Waals surface area contributed by atoms with E-state index in [4.69, 9.17) is 0 Å². The molecule has 0 aliphatic heterocycles. The minimum Gasteiger partial charge on any atom is -0.350 e. The number of nitrogens with one attached hydrogen (secondary N) is 1. The lowest BCUT2D eigenvalue weighted by Gasteiger charge is -2.33. The van der Waals surface area contributed by atoms with Crippen molar-refractivity contribution in [1.82, 2.24) is 5.32 Å². The number of carbonyl (C=O) groups is 1. The van der Waals surface area contributed by atoms with Crippen LogP contribution in [0.25, 0.3) is 0 Å². The van der Waals surface area contributed by atoms with E-state index in [9.17, 15) is 13.2 Å². The quantitative estimate of drug-likeness (QED) is 0.753. The molecule has 1 amide bonds. The van der Waals surface area contributed by atoms with Gasteiger partial charge in [0.15, 0.2) is 9.84 Å². The third-order valence-corrected chi connectivity index (χ3v) is 3.62. The summed E-state index contributed by atoms with van der Waals surface area (Å²) in [5.74, 6) is -1.10. The predicted molar refractivity (Wildman–Crippen MR) is 75.1 cm³/mol. The second kappa shape index (κ2) is 5.87. The van der Waals surface area contributed by atoms with Crippen molar-refractivity contribution < 1.29 is 13.2 Å². The molecule has 0 spiro atoms. The van der Waals surface area contributed by atoms with E-state index >= 15 is 0 Å². The van der Waals surface area contributed by atoms with Crippen LogP contribution in [0.2, 0.25) is 0 Å². The number of hydrogen-bond acceptors (Lipinski definition) is 3. The van der Waals surface area contributed by atoms with E-state index < -0.39 is 27.0 Å². The van der Waals surface area contributed by atoms with Gasteiger partial charge >= 0.3 is 0 Å². The maximum Gasteiger partial charge on any atom is 0.235 e. The van der Waals surface area contributed by atoms with Crippen LogP contribution in [0, 0.1) is 5.41 Å². The molecular formula is C13H25NO3S. The van der Waals surface area contributed by atoms with Crippen molar-refractivity contribution >= 4 is 15.7 Å². The van der Waals surface area contributed by atoms with Gasteiger partial charge in [0.2, 0.25) is 5.91 Å². The highest BCUT2D eigenvalue weighted by Gasteiger charge is 2.28. The molecule has 4 nitrogen and oxygen atoms in total. The average molecular weight is 275 g/mol. The first-order chi connectivity index (χ1) is 7.87. The average Bonchev–Trinajstić information content (AvgIpc) is 1.93. The highest BCUT2D eigenvalue weighted by atomic mass is 32.2. The topological polar surface area (TPSA) is 63.2 Å². The van der Waals surface area contributed by atoms with Gasteiger partial charge in [-0.3, -0.25) is 4.79 Å². The van der Waals surface area contributed by atoms with Crippen molar-refractivity contribution in [3.05, 3.63) is 12.7 Å². The molecule has 0 radical (unpaired) electrons. The summed E-state index contributed by atoms with van der Waals surface area (Å²) in [4.78, 5) is 11.7. The highest BCUT2D eigenvalue weighted by Crippen LogP contribution is 2.26. The Morgan fingerprint density at radius 1 is 1.22 bits per heavy atom. The van der Waals surface area contributed by atoms with Crippen LogP contribution in [0.4, 0.5) is 0 Å². The van der Waals surface area contributed by atoms with E-state index in [0.717, 1.165) is 6.42 Å². The van der Waals surface area contributed by atoms with Crippen molar-refractivity contribution in [1.29, 1.82) is 0 Å². The van der Waals surface area contributed by atoms with Gasteiger partial charge in [-0.05, 0) is 25.7 Å². The molecule has 1 N–H and O–H groups in total. The molecule has 0 fully saturated rings. The van der Waals surface area contributed by atoms with Gasteiger partial charge in [0.05, 0.1) is 5.75 Å². The molecule has 0 rings (SSSR count). The molecule has 0 unspecified atom stereocenters. The zero-order chi connectivity index (χ0) is 14.6. The molecule has 0 aromatic rings. The lowest BCUT2D eigenvalue weighted by molar-refractivity contribution is -0.120. The van der Waals surface area contributed by atoms with E-state index in [-0.39, 0.29) is 11.2 Å². The second-order valence-electron chi connectivity index (χ2n) is 6.51. The fraction of sp³-hybridized carbons (Fsp3) is 0.769. The fourth-order valence-electron chi connectivity index (χ4n) is 2.22. The maximum atomic E-state index is 11.7. The van der Waals surface area contributed by atoms with Crippen molar-refractivity contribution in [2.24, 2.45) is 5.41 Å². The Morgan fingerprint density at radius 3 is 2.11 bits per heavy atom. The first-order valence-electron chi connectivity index (χ1n) is 5.99. The molecular weight excluding hydrogens is 250 g/mol. The van der Waals surface area contributed by atoms with E-state index in [2.05, 4.69) is 32.7 Å². The van der Waals surface area contributed by atoms with Gasteiger partial charge in [-0.25, -0.2) is 8.42 Å². The van der Waals surface area contributed by atoms with E-state index in [1.54, 1.807) is 0 Å². The summed E-state index contributed by atoms with van der Waals surface area (Å²) in [6, 6.07) is 0. The summed E-state index contributed by atoms with van der Waals surface area (Å²) < 4.78 is 23.0. The van der Waals surface area contributed by atoms with Crippen molar-refractivity contribution in [3.8, 4) is 0 Å². The molecule has 18 heavy (non-hydrogen) atoms. The number of hydrogen-bond donors (Lipinski definition) is 1.